The van der Waals surface area contributed by atoms with Crippen LogP contribution >= 0.6 is 0 Å². The zero-order valence-corrected chi connectivity index (χ0v) is 37.9. The fourth-order valence-electron chi connectivity index (χ4n) is 7.85. The summed E-state index contributed by atoms with van der Waals surface area (Å²) >= 11 is 0. The molecule has 8 rings (SSSR count). The minimum absolute atomic E-state index is 0.138. The van der Waals surface area contributed by atoms with Gasteiger partial charge in [-0.3, -0.25) is 4.90 Å². The van der Waals surface area contributed by atoms with Gasteiger partial charge < -0.3 is 38.8 Å². The number of hydrogen-bond acceptors (Lipinski definition) is 13. The molecular formula is C51H56N8O8. The van der Waals surface area contributed by atoms with Gasteiger partial charge in [-0.05, 0) is 133 Å². The topological polar surface area (TPSA) is 187 Å². The van der Waals surface area contributed by atoms with Crippen LogP contribution in [-0.4, -0.2) is 85.4 Å². The maximum Gasteiger partial charge on any atom is 0.410 e. The number of nitrogens with one attached hydrogen (secondary N) is 1. The molecule has 348 valence electrons. The highest BCUT2D eigenvalue weighted by Gasteiger charge is 2.35. The van der Waals surface area contributed by atoms with E-state index in [1.54, 1.807) is 103 Å². The quantitative estimate of drug-likeness (QED) is 0.0877. The Morgan fingerprint density at radius 3 is 1.84 bits per heavy atom. The number of hydrogen-bond donors (Lipinski definition) is 3. The first kappa shape index (κ1) is 36.1. The molecule has 67 heavy (non-hydrogen) atoms. The third kappa shape index (κ3) is 11.1. The lowest BCUT2D eigenvalue weighted by Gasteiger charge is -2.31. The number of nitrogens with zero attached hydrogens (tertiary/aromatic N) is 7. The van der Waals surface area contributed by atoms with E-state index in [2.05, 4.69) is 35.3 Å². The zero-order valence-electron chi connectivity index (χ0n) is 47.9. The average molecular weight is 919 g/mol. The summed E-state index contributed by atoms with van der Waals surface area (Å²) in [7, 11) is 0. The van der Waals surface area contributed by atoms with Crippen molar-refractivity contribution in [3.05, 3.63) is 118 Å². The van der Waals surface area contributed by atoms with Gasteiger partial charge in [0.2, 0.25) is 23.0 Å². The summed E-state index contributed by atoms with van der Waals surface area (Å²) < 4.78 is 106. The Morgan fingerprint density at radius 1 is 0.821 bits per heavy atom. The third-order valence-corrected chi connectivity index (χ3v) is 10.5. The van der Waals surface area contributed by atoms with E-state index >= 15 is 0 Å². The van der Waals surface area contributed by atoms with Crippen molar-refractivity contribution in [1.29, 1.82) is 0 Å². The highest BCUT2D eigenvalue weighted by molar-refractivity contribution is 5.73. The Morgan fingerprint density at radius 2 is 1.34 bits per heavy atom. The maximum atomic E-state index is 13.2. The van der Waals surface area contributed by atoms with Crippen LogP contribution in [0.25, 0.3) is 55.4 Å². The highest BCUT2D eigenvalue weighted by atomic mass is 16.6. The van der Waals surface area contributed by atoms with Gasteiger partial charge >= 0.3 is 6.09 Å². The van der Waals surface area contributed by atoms with E-state index in [-0.39, 0.29) is 46.9 Å². The third-order valence-electron chi connectivity index (χ3n) is 10.5. The van der Waals surface area contributed by atoms with Crippen molar-refractivity contribution < 1.29 is 52.0 Å². The van der Waals surface area contributed by atoms with Crippen molar-refractivity contribution in [3.8, 4) is 57.2 Å². The molecule has 0 saturated heterocycles. The van der Waals surface area contributed by atoms with E-state index < -0.39 is 62.0 Å². The van der Waals surface area contributed by atoms with E-state index in [0.29, 0.717) is 63.4 Å². The molecule has 2 aliphatic carbocycles. The van der Waals surface area contributed by atoms with Gasteiger partial charge in [-0.2, -0.15) is 9.97 Å². The van der Waals surface area contributed by atoms with Gasteiger partial charge in [0.25, 0.3) is 11.8 Å². The number of amides is 1. The lowest BCUT2D eigenvalue weighted by atomic mass is 10.0. The second-order valence-electron chi connectivity index (χ2n) is 16.8. The molecule has 2 heterocycles. The molecule has 4 aromatic carbocycles. The van der Waals surface area contributed by atoms with Crippen molar-refractivity contribution >= 4 is 17.5 Å². The molecule has 0 bridgehead atoms. The predicted molar refractivity (Wildman–Crippen MR) is 252 cm³/mol. The molecule has 2 atom stereocenters. The molecule has 0 aliphatic heterocycles. The molecule has 0 unspecified atom stereocenters. The van der Waals surface area contributed by atoms with E-state index in [1.807, 2.05) is 12.1 Å². The summed E-state index contributed by atoms with van der Waals surface area (Å²) in [4.78, 5) is 29.8. The number of aromatic nitrogens is 4. The fourth-order valence-corrected chi connectivity index (χ4v) is 7.85. The molecule has 2 aromatic heterocycles. The molecule has 16 nitrogen and oxygen atoms in total. The fraction of sp³-hybridized carbons (Fsp3) is 0.392. The second-order valence-corrected chi connectivity index (χ2v) is 16.8. The zero-order chi connectivity index (χ0) is 56.8. The van der Waals surface area contributed by atoms with Crippen molar-refractivity contribution in [3.63, 3.8) is 0 Å². The van der Waals surface area contributed by atoms with Gasteiger partial charge in [0.05, 0.1) is 55.4 Å². The van der Waals surface area contributed by atoms with E-state index in [4.69, 9.17) is 50.1 Å². The van der Waals surface area contributed by atoms with E-state index in [1.165, 1.54) is 6.07 Å². The summed E-state index contributed by atoms with van der Waals surface area (Å²) in [6.07, 6.45) is -1.84. The summed E-state index contributed by atoms with van der Waals surface area (Å²) in [6, 6.07) is 18.7. The standard InChI is InChI=1S/C28H32N4O5.C23H24N4O3/c1-17(2)35-24-13-10-18(16-22(24)29-6)26-30-25(31-37-26)21-9-7-8-20-19(21)11-12-23(20)32(14-15-33)27(34)36-28(3,4)5;1-14(2)29-21-10-7-15(13-20(21)24-3)23-26-22(27-30-23)18-6-4-5-17-16(18)8-9-19(17)25-11-12-28/h7-10,13,16-17,23,33H,11-12,14-15H2,1-5H3;4-7,10,13-14,19,25,28H,8-9,11-12H2,1-2H3/t23-;19-/m00/s1/i14D2,15D2,17D;11D2,12D2,14D. The minimum Gasteiger partial charge on any atom is -0.502 e. The summed E-state index contributed by atoms with van der Waals surface area (Å²) in [6.45, 7) is 13.9. The lowest BCUT2D eigenvalue weighted by molar-refractivity contribution is 0.0120. The lowest BCUT2D eigenvalue weighted by Crippen LogP contribution is -2.40. The number of ether oxygens (including phenoxy) is 3. The molecule has 0 spiro atoms. The molecule has 6 aromatic rings. The van der Waals surface area contributed by atoms with E-state index in [0.717, 1.165) is 11.1 Å². The van der Waals surface area contributed by atoms with Gasteiger partial charge in [0.15, 0.2) is 0 Å². The number of rotatable bonds is 14. The highest BCUT2D eigenvalue weighted by Crippen LogP contribution is 2.42. The smallest absolute Gasteiger partial charge is 0.410 e. The van der Waals surface area contributed by atoms with Crippen molar-refractivity contribution in [2.75, 3.05) is 26.1 Å². The molecular weight excluding hydrogens is 853 g/mol. The van der Waals surface area contributed by atoms with Crippen molar-refractivity contribution in [2.45, 2.75) is 104 Å². The SMILES string of the molecule is [2H]C(C)(C)Oc1ccc(-c2nc(-c3cccc4c3CC[C@@H]4N(C(=O)OC(C)(C)C)C([2H])([2H])C([2H])([2H])O)no2)cc1[N+]#[C-].[2H]C(C)(C)Oc1ccc(-c2nc(-c3cccc4c3CC[C@@H]4NC([2H])([2H])C([2H])([2H])O)no2)cc1[N+]#[C-]. The maximum absolute atomic E-state index is 13.2. The number of benzene rings is 4. The monoisotopic (exact) mass is 918 g/mol. The van der Waals surface area contributed by atoms with Crippen molar-refractivity contribution in [2.24, 2.45) is 0 Å². The largest absolute Gasteiger partial charge is 0.502 e. The van der Waals surface area contributed by atoms with Gasteiger partial charge in [0.1, 0.15) is 17.1 Å². The summed E-state index contributed by atoms with van der Waals surface area (Å²) in [5.41, 5.74) is 4.57. The minimum atomic E-state index is -3.38. The Kier molecular flexibility index (Phi) is 11.3. The molecule has 0 fully saturated rings. The van der Waals surface area contributed by atoms with Gasteiger partial charge in [-0.1, -0.05) is 46.7 Å². The second kappa shape index (κ2) is 21.0. The van der Waals surface area contributed by atoms with Gasteiger partial charge in [-0.25, -0.2) is 14.5 Å². The summed E-state index contributed by atoms with van der Waals surface area (Å²) in [5, 5.41) is 30.4. The number of aliphatic hydroxyl groups is 2. The normalized spacial score (nSPS) is 18.4. The van der Waals surface area contributed by atoms with Crippen LogP contribution in [0.2, 0.25) is 0 Å². The number of fused-ring (bicyclic) bond motifs is 2. The van der Waals surface area contributed by atoms with Crippen LogP contribution < -0.4 is 14.8 Å². The van der Waals surface area contributed by atoms with Crippen LogP contribution in [0.3, 0.4) is 0 Å². The number of carbonyl (C=O) groups is 1. The Hall–Kier alpha value is -7.11. The first-order valence-corrected chi connectivity index (χ1v) is 21.2. The summed E-state index contributed by atoms with van der Waals surface area (Å²) in [5.74, 6) is 1.44. The molecule has 3 N–H and O–H groups in total. The Bertz CT molecular complexity index is 3250. The Balaban J connectivity index is 0.000000227. The van der Waals surface area contributed by atoms with Crippen molar-refractivity contribution in [1.82, 2.24) is 30.5 Å². The van der Waals surface area contributed by atoms with Crippen LogP contribution in [0, 0.1) is 13.1 Å². The molecule has 0 saturated carbocycles. The van der Waals surface area contributed by atoms with Gasteiger partial charge in [0, 0.05) is 44.0 Å². The molecule has 16 heteroatoms. The van der Waals surface area contributed by atoms with Crippen LogP contribution in [0.4, 0.5) is 16.2 Å². The van der Waals surface area contributed by atoms with E-state index in [9.17, 15) is 15.0 Å². The average Bonchev–Trinajstić information content (AvgIpc) is 4.17. The first-order chi connectivity index (χ1) is 35.6. The Labute approximate surface area is 404 Å². The molecule has 2 aliphatic rings. The van der Waals surface area contributed by atoms with Crippen LogP contribution in [-0.2, 0) is 17.6 Å². The van der Waals surface area contributed by atoms with Gasteiger partial charge in [-0.15, -0.1) is 0 Å². The number of carbonyl (C=O) groups excluding carboxylic acids is 1. The van der Waals surface area contributed by atoms with Crippen LogP contribution in [0.5, 0.6) is 11.5 Å². The van der Waals surface area contributed by atoms with Crippen LogP contribution in [0.1, 0.15) is 109 Å². The van der Waals surface area contributed by atoms with Crippen LogP contribution in [0.15, 0.2) is 81.8 Å². The molecule has 1 amide bonds. The predicted octanol–water partition coefficient (Wildman–Crippen LogP) is 10.3. The first-order valence-electron chi connectivity index (χ1n) is 26.2. The molecule has 0 radical (unpaired) electrons.